The Bertz CT molecular complexity index is 612. The summed E-state index contributed by atoms with van der Waals surface area (Å²) in [5.41, 5.74) is 1.83. The van der Waals surface area contributed by atoms with Gasteiger partial charge in [0, 0.05) is 31.0 Å². The Balaban J connectivity index is 1.73. The third-order valence-corrected chi connectivity index (χ3v) is 5.67. The maximum absolute atomic E-state index is 10.8. The smallest absolute Gasteiger partial charge is 0.269 e. The number of non-ortho nitro benzene ring substituents is 1. The van der Waals surface area contributed by atoms with Crippen LogP contribution in [0.5, 0.6) is 0 Å². The molecule has 0 amide bonds. The van der Waals surface area contributed by atoms with Crippen LogP contribution in [0.2, 0.25) is 0 Å². The lowest BCUT2D eigenvalue weighted by molar-refractivity contribution is -0.384. The first-order valence-corrected chi connectivity index (χ1v) is 9.33. The number of rotatable bonds is 4. The molecule has 23 heavy (non-hydrogen) atoms. The monoisotopic (exact) mass is 333 g/mol. The summed E-state index contributed by atoms with van der Waals surface area (Å²) in [7, 11) is 0. The molecular formula is C17H23N3O2S. The Kier molecular flexibility index (Phi) is 5.20. The van der Waals surface area contributed by atoms with E-state index in [9.17, 15) is 10.1 Å². The summed E-state index contributed by atoms with van der Waals surface area (Å²) in [5.74, 6) is 1.88. The van der Waals surface area contributed by atoms with E-state index in [1.165, 1.54) is 38.2 Å². The van der Waals surface area contributed by atoms with Gasteiger partial charge in [-0.05, 0) is 37.3 Å². The minimum atomic E-state index is -0.358. The Morgan fingerprint density at radius 2 is 2.13 bits per heavy atom. The molecule has 1 heterocycles. The number of hydrogen-bond acceptors (Lipinski definition) is 4. The van der Waals surface area contributed by atoms with Gasteiger partial charge in [-0.15, -0.1) is 0 Å². The Hall–Kier alpha value is -1.56. The molecule has 124 valence electrons. The fraction of sp³-hybridized carbons (Fsp3) is 0.588. The summed E-state index contributed by atoms with van der Waals surface area (Å²) in [6, 6.07) is 4.90. The van der Waals surface area contributed by atoms with Crippen LogP contribution in [-0.4, -0.2) is 33.8 Å². The van der Waals surface area contributed by atoms with Crippen molar-refractivity contribution in [3.8, 4) is 0 Å². The Morgan fingerprint density at radius 1 is 1.35 bits per heavy atom. The van der Waals surface area contributed by atoms with Crippen molar-refractivity contribution < 1.29 is 4.92 Å². The van der Waals surface area contributed by atoms with E-state index < -0.39 is 0 Å². The van der Waals surface area contributed by atoms with E-state index in [1.807, 2.05) is 6.92 Å². The molecule has 6 heteroatoms. The number of nitro benzene ring substituents is 1. The number of thioether (sulfide) groups is 1. The summed E-state index contributed by atoms with van der Waals surface area (Å²) in [4.78, 5) is 17.7. The number of aryl methyl sites for hydroxylation is 1. The van der Waals surface area contributed by atoms with E-state index in [-0.39, 0.29) is 10.6 Å². The molecule has 0 spiro atoms. The highest BCUT2D eigenvalue weighted by molar-refractivity contribution is 8.14. The molecule has 1 saturated heterocycles. The van der Waals surface area contributed by atoms with Crippen LogP contribution in [0.15, 0.2) is 23.2 Å². The zero-order chi connectivity index (χ0) is 16.2. The van der Waals surface area contributed by atoms with Crippen LogP contribution >= 0.6 is 11.8 Å². The highest BCUT2D eigenvalue weighted by Crippen LogP contribution is 2.30. The second-order valence-electron chi connectivity index (χ2n) is 6.42. The summed E-state index contributed by atoms with van der Waals surface area (Å²) in [6.07, 6.45) is 6.78. The van der Waals surface area contributed by atoms with Crippen molar-refractivity contribution in [2.75, 3.05) is 18.8 Å². The van der Waals surface area contributed by atoms with Crippen molar-refractivity contribution in [1.29, 1.82) is 0 Å². The van der Waals surface area contributed by atoms with E-state index in [0.29, 0.717) is 0 Å². The van der Waals surface area contributed by atoms with Crippen molar-refractivity contribution in [3.05, 3.63) is 33.9 Å². The second-order valence-corrected chi connectivity index (χ2v) is 7.48. The first-order valence-electron chi connectivity index (χ1n) is 8.35. The van der Waals surface area contributed by atoms with Crippen molar-refractivity contribution in [2.24, 2.45) is 10.9 Å². The number of benzene rings is 1. The lowest BCUT2D eigenvalue weighted by atomic mass is 9.89. The summed E-state index contributed by atoms with van der Waals surface area (Å²) < 4.78 is 0. The van der Waals surface area contributed by atoms with Crippen LogP contribution in [0.25, 0.3) is 0 Å². The van der Waals surface area contributed by atoms with Crippen molar-refractivity contribution in [1.82, 2.24) is 4.90 Å². The lowest BCUT2D eigenvalue weighted by Gasteiger charge is -2.27. The highest BCUT2D eigenvalue weighted by atomic mass is 32.2. The minimum Gasteiger partial charge on any atom is -0.350 e. The number of hydrogen-bond donors (Lipinski definition) is 0. The molecule has 0 unspecified atom stereocenters. The molecule has 0 bridgehead atoms. The van der Waals surface area contributed by atoms with Gasteiger partial charge in [0.15, 0.2) is 5.17 Å². The van der Waals surface area contributed by atoms with Gasteiger partial charge < -0.3 is 4.90 Å². The zero-order valence-corrected chi connectivity index (χ0v) is 14.3. The SMILES string of the molecule is Cc1cc([N+](=O)[O-])ccc1N=C1SCCN1CC1CCCCC1. The summed E-state index contributed by atoms with van der Waals surface area (Å²) in [5, 5.41) is 11.9. The quantitative estimate of drug-likeness (QED) is 0.600. The molecule has 1 aromatic rings. The topological polar surface area (TPSA) is 58.7 Å². The molecule has 5 nitrogen and oxygen atoms in total. The third kappa shape index (κ3) is 4.05. The molecule has 1 saturated carbocycles. The van der Waals surface area contributed by atoms with E-state index in [1.54, 1.807) is 23.9 Å². The average molecular weight is 333 g/mol. The molecule has 0 N–H and O–H groups in total. The van der Waals surface area contributed by atoms with Gasteiger partial charge in [-0.2, -0.15) is 0 Å². The maximum Gasteiger partial charge on any atom is 0.269 e. The highest BCUT2D eigenvalue weighted by Gasteiger charge is 2.24. The molecule has 0 aromatic heterocycles. The van der Waals surface area contributed by atoms with E-state index >= 15 is 0 Å². The number of aliphatic imine (C=N–C) groups is 1. The molecule has 3 rings (SSSR count). The Labute approximate surface area is 141 Å². The fourth-order valence-electron chi connectivity index (χ4n) is 3.37. The predicted octanol–water partition coefficient (Wildman–Crippen LogP) is 4.52. The summed E-state index contributed by atoms with van der Waals surface area (Å²) >= 11 is 1.80. The molecule has 1 aliphatic heterocycles. The molecular weight excluding hydrogens is 310 g/mol. The van der Waals surface area contributed by atoms with Crippen LogP contribution < -0.4 is 0 Å². The number of nitrogens with zero attached hydrogens (tertiary/aromatic N) is 3. The maximum atomic E-state index is 10.8. The van der Waals surface area contributed by atoms with E-state index in [4.69, 9.17) is 4.99 Å². The van der Waals surface area contributed by atoms with E-state index in [2.05, 4.69) is 4.90 Å². The predicted molar refractivity (Wildman–Crippen MR) is 95.5 cm³/mol. The van der Waals surface area contributed by atoms with Gasteiger partial charge in [-0.25, -0.2) is 4.99 Å². The van der Waals surface area contributed by atoms with Crippen LogP contribution in [-0.2, 0) is 0 Å². The van der Waals surface area contributed by atoms with Crippen LogP contribution in [0.3, 0.4) is 0 Å². The van der Waals surface area contributed by atoms with Gasteiger partial charge in [-0.1, -0.05) is 31.0 Å². The van der Waals surface area contributed by atoms with Crippen LogP contribution in [0.1, 0.15) is 37.7 Å². The molecule has 2 aliphatic rings. The van der Waals surface area contributed by atoms with Crippen LogP contribution in [0, 0.1) is 23.0 Å². The summed E-state index contributed by atoms with van der Waals surface area (Å²) in [6.45, 7) is 4.06. The lowest BCUT2D eigenvalue weighted by Crippen LogP contribution is -2.31. The first kappa shape index (κ1) is 16.3. The Morgan fingerprint density at radius 3 is 2.83 bits per heavy atom. The van der Waals surface area contributed by atoms with Gasteiger partial charge in [0.1, 0.15) is 0 Å². The van der Waals surface area contributed by atoms with Crippen molar-refractivity contribution >= 4 is 28.3 Å². The van der Waals surface area contributed by atoms with Gasteiger partial charge in [0.25, 0.3) is 5.69 Å². The third-order valence-electron chi connectivity index (χ3n) is 4.67. The van der Waals surface area contributed by atoms with Gasteiger partial charge >= 0.3 is 0 Å². The van der Waals surface area contributed by atoms with Gasteiger partial charge in [0.05, 0.1) is 10.6 Å². The second kappa shape index (κ2) is 7.34. The molecule has 0 atom stereocenters. The standard InChI is InChI=1S/C17H23N3O2S/c1-13-11-15(20(21)22)7-8-16(13)18-17-19(9-10-23-17)12-14-5-3-2-4-6-14/h7-8,11,14H,2-6,9-10,12H2,1H3. The zero-order valence-electron chi connectivity index (χ0n) is 13.5. The number of nitro groups is 1. The normalized spacial score (nSPS) is 21.1. The van der Waals surface area contributed by atoms with E-state index in [0.717, 1.165) is 41.2 Å². The number of amidine groups is 1. The van der Waals surface area contributed by atoms with Gasteiger partial charge in [-0.3, -0.25) is 10.1 Å². The molecule has 0 radical (unpaired) electrons. The van der Waals surface area contributed by atoms with Crippen molar-refractivity contribution in [2.45, 2.75) is 39.0 Å². The largest absolute Gasteiger partial charge is 0.350 e. The fourth-order valence-corrected chi connectivity index (χ4v) is 4.38. The molecule has 2 fully saturated rings. The minimum absolute atomic E-state index is 0.129. The molecule has 1 aliphatic carbocycles. The van der Waals surface area contributed by atoms with Crippen LogP contribution in [0.4, 0.5) is 11.4 Å². The first-order chi connectivity index (χ1) is 11.1. The van der Waals surface area contributed by atoms with Gasteiger partial charge in [0.2, 0.25) is 0 Å². The molecule has 1 aromatic carbocycles. The van der Waals surface area contributed by atoms with Crippen molar-refractivity contribution in [3.63, 3.8) is 0 Å². The average Bonchev–Trinajstić information content (AvgIpc) is 2.97.